The van der Waals surface area contributed by atoms with Crippen molar-refractivity contribution in [3.05, 3.63) is 0 Å². The van der Waals surface area contributed by atoms with Crippen LogP contribution in [0.1, 0.15) is 13.8 Å². The Labute approximate surface area is 62.5 Å². The van der Waals surface area contributed by atoms with Crippen molar-refractivity contribution in [1.82, 2.24) is 10.0 Å². The first-order valence-electron chi connectivity index (χ1n) is 3.61. The van der Waals surface area contributed by atoms with Gasteiger partial charge in [-0.2, -0.15) is 0 Å². The Balaban J connectivity index is 3.30. The van der Waals surface area contributed by atoms with Crippen molar-refractivity contribution < 1.29 is 4.48 Å². The molecule has 0 unspecified atom stereocenters. The largest absolute Gasteiger partial charge is 0.303 e. The second kappa shape index (κ2) is 4.63. The summed E-state index contributed by atoms with van der Waals surface area (Å²) in [4.78, 5) is 2.11. The summed E-state index contributed by atoms with van der Waals surface area (Å²) in [5.74, 6) is 0. The van der Waals surface area contributed by atoms with Gasteiger partial charge in [0, 0.05) is 26.2 Å². The van der Waals surface area contributed by atoms with E-state index in [2.05, 4.69) is 18.7 Å². The van der Waals surface area contributed by atoms with Crippen molar-refractivity contribution in [2.24, 2.45) is 0 Å². The number of hydrogen-bond acceptors (Lipinski definition) is 2. The van der Waals surface area contributed by atoms with Crippen LogP contribution in [0.15, 0.2) is 0 Å². The first-order chi connectivity index (χ1) is 4.54. The Morgan fingerprint density at radius 1 is 1.20 bits per heavy atom. The van der Waals surface area contributed by atoms with Gasteiger partial charge in [0.2, 0.25) is 0 Å². The zero-order valence-corrected chi connectivity index (χ0v) is 7.26. The molecule has 0 fully saturated rings. The van der Waals surface area contributed by atoms with E-state index < -0.39 is 0 Å². The maximum atomic E-state index is 12.1. The zero-order valence-electron chi connectivity index (χ0n) is 7.26. The summed E-state index contributed by atoms with van der Waals surface area (Å²) in [6.07, 6.45) is 0. The Morgan fingerprint density at radius 2 is 1.70 bits per heavy atom. The third-order valence-corrected chi connectivity index (χ3v) is 1.64. The standard InChI is InChI=1S/C7H17FN2/c1-7(2)9(3)5-6-10(4)8/h7H,5-6H2,1-4H3. The minimum Gasteiger partial charge on any atom is -0.303 e. The summed E-state index contributed by atoms with van der Waals surface area (Å²) in [7, 11) is 3.43. The predicted molar refractivity (Wildman–Crippen MR) is 41.5 cm³/mol. The van der Waals surface area contributed by atoms with Crippen molar-refractivity contribution in [3.8, 4) is 0 Å². The summed E-state index contributed by atoms with van der Waals surface area (Å²) in [6, 6.07) is 0.500. The van der Waals surface area contributed by atoms with Gasteiger partial charge in [0.05, 0.1) is 0 Å². The highest BCUT2D eigenvalue weighted by molar-refractivity contribution is 4.56. The Hall–Kier alpha value is -0.150. The molecule has 2 nitrogen and oxygen atoms in total. The lowest BCUT2D eigenvalue weighted by atomic mass is 10.3. The minimum absolute atomic E-state index is 0.481. The van der Waals surface area contributed by atoms with Gasteiger partial charge in [0.25, 0.3) is 0 Å². The fourth-order valence-electron chi connectivity index (χ4n) is 0.554. The van der Waals surface area contributed by atoms with E-state index in [0.717, 1.165) is 6.54 Å². The molecule has 0 bridgehead atoms. The molecule has 0 aliphatic rings. The number of likely N-dealkylation sites (N-methyl/N-ethyl adjacent to an activating group) is 2. The van der Waals surface area contributed by atoms with Crippen molar-refractivity contribution in [3.63, 3.8) is 0 Å². The second-order valence-electron chi connectivity index (χ2n) is 2.90. The average Bonchev–Trinajstić information content (AvgIpc) is 1.82. The first kappa shape index (κ1) is 9.85. The summed E-state index contributed by atoms with van der Waals surface area (Å²) in [6.45, 7) is 5.45. The summed E-state index contributed by atoms with van der Waals surface area (Å²) in [5, 5.41) is 0.707. The van der Waals surface area contributed by atoms with Crippen LogP contribution < -0.4 is 0 Å². The first-order valence-corrected chi connectivity index (χ1v) is 3.61. The SMILES string of the molecule is CC(C)N(C)CCN(C)F. The van der Waals surface area contributed by atoms with Gasteiger partial charge in [-0.05, 0) is 20.9 Å². The maximum Gasteiger partial charge on any atom is 0.0414 e. The third kappa shape index (κ3) is 4.70. The molecule has 0 rings (SSSR count). The lowest BCUT2D eigenvalue weighted by Crippen LogP contribution is -2.32. The topological polar surface area (TPSA) is 6.48 Å². The average molecular weight is 148 g/mol. The number of hydrogen-bond donors (Lipinski definition) is 0. The molecular weight excluding hydrogens is 131 g/mol. The van der Waals surface area contributed by atoms with Gasteiger partial charge in [-0.1, -0.05) is 0 Å². The van der Waals surface area contributed by atoms with Crippen molar-refractivity contribution in [2.45, 2.75) is 19.9 Å². The van der Waals surface area contributed by atoms with E-state index in [-0.39, 0.29) is 0 Å². The summed E-state index contributed by atoms with van der Waals surface area (Å²) in [5.41, 5.74) is 0. The molecule has 0 atom stereocenters. The van der Waals surface area contributed by atoms with Crippen LogP contribution in [0.4, 0.5) is 4.48 Å². The molecule has 0 aromatic rings. The fraction of sp³-hybridized carbons (Fsp3) is 1.00. The molecule has 0 aromatic carbocycles. The molecule has 62 valence electrons. The normalized spacial score (nSPS) is 12.0. The number of rotatable bonds is 4. The molecule has 0 N–H and O–H groups in total. The van der Waals surface area contributed by atoms with E-state index >= 15 is 0 Å². The molecule has 0 aliphatic carbocycles. The van der Waals surface area contributed by atoms with Crippen LogP contribution in [0.3, 0.4) is 0 Å². The Kier molecular flexibility index (Phi) is 4.56. The molecule has 0 heterocycles. The Bertz CT molecular complexity index is 83.7. The highest BCUT2D eigenvalue weighted by Crippen LogP contribution is 1.93. The van der Waals surface area contributed by atoms with Crippen molar-refractivity contribution in [1.29, 1.82) is 0 Å². The predicted octanol–water partition coefficient (Wildman–Crippen LogP) is 1.14. The van der Waals surface area contributed by atoms with E-state index in [1.165, 1.54) is 7.05 Å². The van der Waals surface area contributed by atoms with Gasteiger partial charge in [0.15, 0.2) is 0 Å². The monoisotopic (exact) mass is 148 g/mol. The molecule has 0 aliphatic heterocycles. The number of nitrogens with zero attached hydrogens (tertiary/aromatic N) is 2. The Morgan fingerprint density at radius 3 is 2.00 bits per heavy atom. The molecule has 3 heteroatoms. The van der Waals surface area contributed by atoms with Crippen LogP contribution in [-0.4, -0.2) is 43.2 Å². The quantitative estimate of drug-likeness (QED) is 0.552. The van der Waals surface area contributed by atoms with Crippen LogP contribution in [0.25, 0.3) is 0 Å². The van der Waals surface area contributed by atoms with Gasteiger partial charge in [-0.3, -0.25) is 0 Å². The highest BCUT2D eigenvalue weighted by Gasteiger charge is 2.03. The van der Waals surface area contributed by atoms with E-state index in [1.807, 2.05) is 7.05 Å². The molecule has 0 saturated carbocycles. The van der Waals surface area contributed by atoms with Gasteiger partial charge < -0.3 is 4.90 Å². The molecule has 0 spiro atoms. The molecule has 0 saturated heterocycles. The third-order valence-electron chi connectivity index (χ3n) is 1.64. The lowest BCUT2D eigenvalue weighted by molar-refractivity contribution is 0.0469. The smallest absolute Gasteiger partial charge is 0.0414 e. The molecule has 0 amide bonds. The van der Waals surface area contributed by atoms with Crippen molar-refractivity contribution >= 4 is 0 Å². The zero-order chi connectivity index (χ0) is 8.15. The molecule has 0 aromatic heterocycles. The van der Waals surface area contributed by atoms with Gasteiger partial charge in [0.1, 0.15) is 0 Å². The number of halogens is 1. The minimum atomic E-state index is 0.481. The van der Waals surface area contributed by atoms with E-state index in [4.69, 9.17) is 0 Å². The second-order valence-corrected chi connectivity index (χ2v) is 2.90. The van der Waals surface area contributed by atoms with Gasteiger partial charge in [-0.25, -0.2) is 0 Å². The van der Waals surface area contributed by atoms with E-state index in [9.17, 15) is 4.48 Å². The van der Waals surface area contributed by atoms with Gasteiger partial charge >= 0.3 is 0 Å². The highest BCUT2D eigenvalue weighted by atomic mass is 19.2. The van der Waals surface area contributed by atoms with Crippen LogP contribution in [-0.2, 0) is 0 Å². The van der Waals surface area contributed by atoms with Crippen molar-refractivity contribution in [2.75, 3.05) is 27.2 Å². The van der Waals surface area contributed by atoms with Crippen LogP contribution in [0, 0.1) is 0 Å². The molecule has 10 heavy (non-hydrogen) atoms. The lowest BCUT2D eigenvalue weighted by Gasteiger charge is -2.21. The van der Waals surface area contributed by atoms with E-state index in [0.29, 0.717) is 17.7 Å². The van der Waals surface area contributed by atoms with Crippen LogP contribution in [0.2, 0.25) is 0 Å². The summed E-state index contributed by atoms with van der Waals surface area (Å²) < 4.78 is 12.1. The maximum absolute atomic E-state index is 12.1. The van der Waals surface area contributed by atoms with E-state index in [1.54, 1.807) is 0 Å². The molecule has 0 radical (unpaired) electrons. The molecular formula is C7H17FN2. The van der Waals surface area contributed by atoms with Crippen LogP contribution in [0.5, 0.6) is 0 Å². The van der Waals surface area contributed by atoms with Crippen LogP contribution >= 0.6 is 0 Å². The fourth-order valence-corrected chi connectivity index (χ4v) is 0.554. The summed E-state index contributed by atoms with van der Waals surface area (Å²) >= 11 is 0. The van der Waals surface area contributed by atoms with Gasteiger partial charge in [-0.15, -0.1) is 9.60 Å².